The fourth-order valence-electron chi connectivity index (χ4n) is 6.21. The fourth-order valence-corrected chi connectivity index (χ4v) is 6.21. The molecule has 0 aromatic rings. The molecule has 0 amide bonds. The average Bonchev–Trinajstić information content (AvgIpc) is 3.25. The van der Waals surface area contributed by atoms with Gasteiger partial charge in [0.05, 0.1) is 5.92 Å². The van der Waals surface area contributed by atoms with E-state index >= 15 is 0 Å². The molecule has 0 N–H and O–H groups in total. The first-order valence-electron chi connectivity index (χ1n) is 9.13. The molecule has 4 bridgehead atoms. The summed E-state index contributed by atoms with van der Waals surface area (Å²) < 4.78 is 5.74. The summed E-state index contributed by atoms with van der Waals surface area (Å²) >= 11 is 0. The van der Waals surface area contributed by atoms with E-state index < -0.39 is 0 Å². The van der Waals surface area contributed by atoms with Crippen molar-refractivity contribution >= 4 is 17.5 Å². The molecule has 0 radical (unpaired) electrons. The second-order valence-electron chi connectivity index (χ2n) is 8.07. The molecule has 4 saturated carbocycles. The Morgan fingerprint density at radius 1 is 0.957 bits per heavy atom. The van der Waals surface area contributed by atoms with Crippen LogP contribution in [0.1, 0.15) is 38.5 Å². The van der Waals surface area contributed by atoms with E-state index in [0.717, 1.165) is 25.7 Å². The van der Waals surface area contributed by atoms with Gasteiger partial charge in [0, 0.05) is 23.7 Å². The van der Waals surface area contributed by atoms with E-state index in [4.69, 9.17) is 4.74 Å². The summed E-state index contributed by atoms with van der Waals surface area (Å²) in [5.74, 6) is -0.218. The highest BCUT2D eigenvalue weighted by atomic mass is 16.5. The van der Waals surface area contributed by atoms with Crippen LogP contribution in [-0.2, 0) is 19.1 Å². The minimum Gasteiger partial charge on any atom is -0.462 e. The average molecular weight is 314 g/mol. The summed E-state index contributed by atoms with van der Waals surface area (Å²) in [7, 11) is 0. The summed E-state index contributed by atoms with van der Waals surface area (Å²) in [4.78, 5) is 37.6. The van der Waals surface area contributed by atoms with Crippen molar-refractivity contribution in [1.29, 1.82) is 0 Å². The van der Waals surface area contributed by atoms with Gasteiger partial charge >= 0.3 is 5.97 Å². The monoisotopic (exact) mass is 314 g/mol. The largest absolute Gasteiger partial charge is 0.462 e. The number of allylic oxidation sites excluding steroid dienone is 2. The molecule has 0 aliphatic heterocycles. The SMILES string of the molecule is O=C1C2C=CC1C1C3C(=O)C(CC3C(=O)OC3CCCCC3)C21. The van der Waals surface area contributed by atoms with Gasteiger partial charge in [-0.1, -0.05) is 18.6 Å². The molecule has 0 saturated heterocycles. The lowest BCUT2D eigenvalue weighted by molar-refractivity contribution is -0.159. The highest BCUT2D eigenvalue weighted by Crippen LogP contribution is 2.64. The summed E-state index contributed by atoms with van der Waals surface area (Å²) in [6, 6.07) is 0. The van der Waals surface area contributed by atoms with Crippen molar-refractivity contribution in [3.63, 3.8) is 0 Å². The number of hydrogen-bond donors (Lipinski definition) is 0. The highest BCUT2D eigenvalue weighted by Gasteiger charge is 2.69. The van der Waals surface area contributed by atoms with Gasteiger partial charge in [-0.25, -0.2) is 0 Å². The molecule has 0 aromatic carbocycles. The van der Waals surface area contributed by atoms with Gasteiger partial charge in [-0.2, -0.15) is 0 Å². The van der Waals surface area contributed by atoms with E-state index in [2.05, 4.69) is 0 Å². The van der Waals surface area contributed by atoms with E-state index in [1.165, 1.54) is 6.42 Å². The first-order chi connectivity index (χ1) is 11.2. The third kappa shape index (κ3) is 1.75. The third-order valence-corrected chi connectivity index (χ3v) is 7.11. The summed E-state index contributed by atoms with van der Waals surface area (Å²) in [5.41, 5.74) is 0. The van der Waals surface area contributed by atoms with E-state index in [1.54, 1.807) is 0 Å². The minimum atomic E-state index is -0.295. The number of ether oxygens (including phenoxy) is 1. The van der Waals surface area contributed by atoms with Gasteiger partial charge < -0.3 is 4.74 Å². The Balaban J connectivity index is 1.36. The van der Waals surface area contributed by atoms with Gasteiger partial charge in [0.15, 0.2) is 0 Å². The molecular weight excluding hydrogens is 292 g/mol. The zero-order chi connectivity index (χ0) is 15.7. The number of carbonyl (C=O) groups is 3. The molecule has 0 aromatic heterocycles. The minimum absolute atomic E-state index is 0.0443. The lowest BCUT2D eigenvalue weighted by Crippen LogP contribution is -2.37. The van der Waals surface area contributed by atoms with Crippen molar-refractivity contribution in [3.8, 4) is 0 Å². The summed E-state index contributed by atoms with van der Waals surface area (Å²) in [6.07, 6.45) is 10.0. The van der Waals surface area contributed by atoms with Crippen LogP contribution in [0.2, 0.25) is 0 Å². The quantitative estimate of drug-likeness (QED) is 0.446. The fraction of sp³-hybridized carbons (Fsp3) is 0.737. The number of carbonyl (C=O) groups excluding carboxylic acids is 3. The molecule has 5 aliphatic rings. The van der Waals surface area contributed by atoms with Crippen LogP contribution in [0.15, 0.2) is 12.2 Å². The third-order valence-electron chi connectivity index (χ3n) is 7.11. The van der Waals surface area contributed by atoms with E-state index in [9.17, 15) is 14.4 Å². The molecule has 4 nitrogen and oxygen atoms in total. The molecular formula is C19H22O4. The van der Waals surface area contributed by atoms with Crippen molar-refractivity contribution in [3.05, 3.63) is 12.2 Å². The molecule has 7 atom stereocenters. The summed E-state index contributed by atoms with van der Waals surface area (Å²) in [5, 5.41) is 0. The second-order valence-corrected chi connectivity index (χ2v) is 8.07. The first-order valence-corrected chi connectivity index (χ1v) is 9.13. The van der Waals surface area contributed by atoms with Crippen molar-refractivity contribution in [2.75, 3.05) is 0 Å². The maximum atomic E-state index is 12.7. The van der Waals surface area contributed by atoms with Gasteiger partial charge in [0.2, 0.25) is 0 Å². The maximum absolute atomic E-state index is 12.7. The molecule has 5 rings (SSSR count). The topological polar surface area (TPSA) is 60.4 Å². The predicted molar refractivity (Wildman–Crippen MR) is 81.2 cm³/mol. The molecule has 23 heavy (non-hydrogen) atoms. The van der Waals surface area contributed by atoms with Crippen LogP contribution in [0.4, 0.5) is 0 Å². The van der Waals surface area contributed by atoms with Gasteiger partial charge in [0.1, 0.15) is 17.7 Å². The van der Waals surface area contributed by atoms with E-state index in [-0.39, 0.29) is 65.1 Å². The first kappa shape index (κ1) is 13.9. The van der Waals surface area contributed by atoms with Gasteiger partial charge in [-0.15, -0.1) is 0 Å². The Kier molecular flexibility index (Phi) is 2.90. The Morgan fingerprint density at radius 2 is 1.65 bits per heavy atom. The Morgan fingerprint density at radius 3 is 2.39 bits per heavy atom. The Bertz CT molecular complexity index is 615. The molecule has 4 fully saturated rings. The zero-order valence-electron chi connectivity index (χ0n) is 13.1. The molecule has 122 valence electrons. The Hall–Kier alpha value is -1.45. The van der Waals surface area contributed by atoms with Crippen LogP contribution in [0.5, 0.6) is 0 Å². The van der Waals surface area contributed by atoms with Crippen LogP contribution in [0.3, 0.4) is 0 Å². The van der Waals surface area contributed by atoms with Crippen molar-refractivity contribution in [2.24, 2.45) is 41.4 Å². The van der Waals surface area contributed by atoms with Gasteiger partial charge in [-0.05, 0) is 43.9 Å². The van der Waals surface area contributed by atoms with Crippen LogP contribution in [0.25, 0.3) is 0 Å². The predicted octanol–water partition coefficient (Wildman–Crippen LogP) is 2.31. The molecule has 0 heterocycles. The summed E-state index contributed by atoms with van der Waals surface area (Å²) in [6.45, 7) is 0. The number of rotatable bonds is 2. The molecule has 0 spiro atoms. The number of esters is 1. The maximum Gasteiger partial charge on any atom is 0.309 e. The second kappa shape index (κ2) is 4.78. The number of ketones is 2. The van der Waals surface area contributed by atoms with Gasteiger partial charge in [0.25, 0.3) is 0 Å². The molecule has 7 unspecified atom stereocenters. The highest BCUT2D eigenvalue weighted by molar-refractivity contribution is 6.01. The lowest BCUT2D eigenvalue weighted by atomic mass is 9.69. The van der Waals surface area contributed by atoms with Gasteiger partial charge in [-0.3, -0.25) is 14.4 Å². The van der Waals surface area contributed by atoms with Crippen LogP contribution >= 0.6 is 0 Å². The van der Waals surface area contributed by atoms with Crippen LogP contribution < -0.4 is 0 Å². The van der Waals surface area contributed by atoms with E-state index in [1.807, 2.05) is 12.2 Å². The molecule has 5 aliphatic carbocycles. The lowest BCUT2D eigenvalue weighted by Gasteiger charge is -2.34. The number of fused-ring (bicyclic) bond motifs is 9. The number of Topliss-reactive ketones (excluding diaryl/α,β-unsaturated/α-hetero) is 2. The normalized spacial score (nSPS) is 47.4. The van der Waals surface area contributed by atoms with Crippen molar-refractivity contribution in [1.82, 2.24) is 0 Å². The standard InChI is InChI=1S/C19H22O4/c20-17-10-6-7-11(17)15-14(10)12-8-13(16(15)18(12)21)19(22)23-9-4-2-1-3-5-9/h6-7,9-16H,1-5,8H2. The van der Waals surface area contributed by atoms with E-state index in [0.29, 0.717) is 6.42 Å². The van der Waals surface area contributed by atoms with Crippen molar-refractivity contribution < 1.29 is 19.1 Å². The number of hydrogen-bond acceptors (Lipinski definition) is 4. The zero-order valence-corrected chi connectivity index (χ0v) is 13.1. The smallest absolute Gasteiger partial charge is 0.309 e. The van der Waals surface area contributed by atoms with Crippen LogP contribution in [-0.4, -0.2) is 23.6 Å². The Labute approximate surface area is 135 Å². The van der Waals surface area contributed by atoms with Crippen molar-refractivity contribution in [2.45, 2.75) is 44.6 Å². The van der Waals surface area contributed by atoms with Crippen LogP contribution in [0, 0.1) is 41.4 Å². The molecule has 4 heteroatoms.